The van der Waals surface area contributed by atoms with Crippen molar-refractivity contribution in [2.45, 2.75) is 26.3 Å². The Hall–Kier alpha value is -2.82. The summed E-state index contributed by atoms with van der Waals surface area (Å²) in [4.78, 5) is 26.0. The van der Waals surface area contributed by atoms with E-state index in [1.165, 1.54) is 4.90 Å². The fourth-order valence-corrected chi connectivity index (χ4v) is 2.72. The molecule has 0 aliphatic carbocycles. The lowest BCUT2D eigenvalue weighted by molar-refractivity contribution is -0.129. The van der Waals surface area contributed by atoms with Crippen LogP contribution in [0.1, 0.15) is 35.7 Å². The molecule has 2 heterocycles. The summed E-state index contributed by atoms with van der Waals surface area (Å²) in [6.07, 6.45) is 0.580. The molecule has 24 heavy (non-hydrogen) atoms. The van der Waals surface area contributed by atoms with Crippen LogP contribution >= 0.6 is 0 Å². The SMILES string of the molecule is CC(C)N1CC(C(=O)c2ccc(Cc3ccccc3)o2)=C(O)C1=O. The molecular weight excluding hydrogens is 306 g/mol. The lowest BCUT2D eigenvalue weighted by atomic mass is 10.1. The van der Waals surface area contributed by atoms with Gasteiger partial charge in [0.15, 0.2) is 11.5 Å². The van der Waals surface area contributed by atoms with Crippen molar-refractivity contribution >= 4 is 11.7 Å². The second-order valence-corrected chi connectivity index (χ2v) is 6.11. The van der Waals surface area contributed by atoms with E-state index < -0.39 is 17.4 Å². The Morgan fingerprint density at radius 1 is 1.21 bits per heavy atom. The van der Waals surface area contributed by atoms with E-state index in [1.807, 2.05) is 44.2 Å². The standard InChI is InChI=1S/C19H19NO4/c1-12(2)20-11-15(18(22)19(20)23)17(21)16-9-8-14(24-16)10-13-6-4-3-5-7-13/h3-9,12,22H,10-11H2,1-2H3. The molecule has 0 spiro atoms. The molecule has 0 radical (unpaired) electrons. The maximum absolute atomic E-state index is 12.5. The number of nitrogens with zero attached hydrogens (tertiary/aromatic N) is 1. The summed E-state index contributed by atoms with van der Waals surface area (Å²) in [5, 5.41) is 9.98. The lowest BCUT2D eigenvalue weighted by Gasteiger charge is -2.20. The molecule has 1 aromatic carbocycles. The molecule has 0 fully saturated rings. The van der Waals surface area contributed by atoms with Gasteiger partial charge < -0.3 is 14.4 Å². The number of ketones is 1. The maximum Gasteiger partial charge on any atom is 0.289 e. The summed E-state index contributed by atoms with van der Waals surface area (Å²) in [6.45, 7) is 3.78. The van der Waals surface area contributed by atoms with Crippen molar-refractivity contribution < 1.29 is 19.1 Å². The number of carbonyl (C=O) groups excluding carboxylic acids is 2. The van der Waals surface area contributed by atoms with Gasteiger partial charge >= 0.3 is 0 Å². The highest BCUT2D eigenvalue weighted by atomic mass is 16.3. The number of amides is 1. The Balaban J connectivity index is 1.78. The molecule has 124 valence electrons. The molecule has 1 aliphatic rings. The van der Waals surface area contributed by atoms with Gasteiger partial charge in [-0.05, 0) is 31.5 Å². The maximum atomic E-state index is 12.5. The number of carbonyl (C=O) groups is 2. The monoisotopic (exact) mass is 325 g/mol. The van der Waals surface area contributed by atoms with E-state index in [0.29, 0.717) is 12.2 Å². The van der Waals surface area contributed by atoms with Crippen LogP contribution in [0.2, 0.25) is 0 Å². The van der Waals surface area contributed by atoms with Crippen molar-refractivity contribution in [1.82, 2.24) is 4.90 Å². The summed E-state index contributed by atoms with van der Waals surface area (Å²) in [5.74, 6) is -0.627. The number of aliphatic hydroxyl groups is 1. The first kappa shape index (κ1) is 16.1. The Morgan fingerprint density at radius 3 is 2.54 bits per heavy atom. The fourth-order valence-electron chi connectivity index (χ4n) is 2.72. The number of hydrogen-bond donors (Lipinski definition) is 1. The summed E-state index contributed by atoms with van der Waals surface area (Å²) < 4.78 is 5.62. The van der Waals surface area contributed by atoms with Gasteiger partial charge in [-0.15, -0.1) is 0 Å². The van der Waals surface area contributed by atoms with Gasteiger partial charge in [-0.2, -0.15) is 0 Å². The lowest BCUT2D eigenvalue weighted by Crippen LogP contribution is -2.34. The number of rotatable bonds is 5. The highest BCUT2D eigenvalue weighted by Gasteiger charge is 2.36. The molecule has 0 saturated carbocycles. The average Bonchev–Trinajstić information content (AvgIpc) is 3.14. The molecule has 1 N–H and O–H groups in total. The normalized spacial score (nSPS) is 14.8. The van der Waals surface area contributed by atoms with Crippen molar-refractivity contribution in [3.8, 4) is 0 Å². The molecule has 1 aliphatic heterocycles. The molecule has 5 heteroatoms. The zero-order valence-electron chi connectivity index (χ0n) is 13.7. The zero-order chi connectivity index (χ0) is 17.3. The minimum atomic E-state index is -0.510. The van der Waals surface area contributed by atoms with Gasteiger partial charge in [0.1, 0.15) is 5.76 Å². The van der Waals surface area contributed by atoms with E-state index in [-0.39, 0.29) is 23.9 Å². The van der Waals surface area contributed by atoms with Crippen molar-refractivity contribution in [2.75, 3.05) is 6.54 Å². The second kappa shape index (κ2) is 6.35. The van der Waals surface area contributed by atoms with Crippen LogP contribution in [0.3, 0.4) is 0 Å². The molecule has 3 rings (SSSR count). The number of hydrogen-bond acceptors (Lipinski definition) is 4. The van der Waals surface area contributed by atoms with Gasteiger partial charge in [0.2, 0.25) is 5.78 Å². The van der Waals surface area contributed by atoms with Gasteiger partial charge in [-0.25, -0.2) is 0 Å². The molecule has 1 amide bonds. The number of benzene rings is 1. The first-order valence-electron chi connectivity index (χ1n) is 7.87. The topological polar surface area (TPSA) is 70.8 Å². The summed E-state index contributed by atoms with van der Waals surface area (Å²) in [5.41, 5.74) is 1.17. The first-order chi connectivity index (χ1) is 11.5. The summed E-state index contributed by atoms with van der Waals surface area (Å²) in [6, 6.07) is 13.0. The Kier molecular flexibility index (Phi) is 4.25. The van der Waals surface area contributed by atoms with E-state index in [2.05, 4.69) is 0 Å². The van der Waals surface area contributed by atoms with Crippen LogP contribution < -0.4 is 0 Å². The fraction of sp³-hybridized carbons (Fsp3) is 0.263. The van der Waals surface area contributed by atoms with Crippen molar-refractivity contribution in [1.29, 1.82) is 0 Å². The van der Waals surface area contributed by atoms with Crippen LogP contribution in [-0.2, 0) is 11.2 Å². The highest BCUT2D eigenvalue weighted by molar-refractivity contribution is 6.14. The molecule has 5 nitrogen and oxygen atoms in total. The molecule has 0 unspecified atom stereocenters. The first-order valence-corrected chi connectivity index (χ1v) is 7.87. The number of furan rings is 1. The summed E-state index contributed by atoms with van der Waals surface area (Å²) in [7, 11) is 0. The Bertz CT molecular complexity index is 802. The van der Waals surface area contributed by atoms with E-state index in [0.717, 1.165) is 5.56 Å². The van der Waals surface area contributed by atoms with Crippen LogP contribution in [-0.4, -0.2) is 34.3 Å². The number of aliphatic hydroxyl groups excluding tert-OH is 1. The van der Waals surface area contributed by atoms with Crippen LogP contribution in [0.15, 0.2) is 58.2 Å². The predicted octanol–water partition coefficient (Wildman–Crippen LogP) is 3.12. The smallest absolute Gasteiger partial charge is 0.289 e. The molecule has 0 bridgehead atoms. The third kappa shape index (κ3) is 2.97. The van der Waals surface area contributed by atoms with Crippen LogP contribution in [0, 0.1) is 0 Å². The van der Waals surface area contributed by atoms with E-state index in [1.54, 1.807) is 12.1 Å². The molecular formula is C19H19NO4. The molecule has 1 aromatic heterocycles. The second-order valence-electron chi connectivity index (χ2n) is 6.11. The van der Waals surface area contributed by atoms with E-state index in [9.17, 15) is 14.7 Å². The molecule has 0 saturated heterocycles. The van der Waals surface area contributed by atoms with E-state index in [4.69, 9.17) is 4.42 Å². The van der Waals surface area contributed by atoms with Gasteiger partial charge in [0.25, 0.3) is 5.91 Å². The van der Waals surface area contributed by atoms with Gasteiger partial charge in [0.05, 0.1) is 12.1 Å². The highest BCUT2D eigenvalue weighted by Crippen LogP contribution is 2.24. The van der Waals surface area contributed by atoms with E-state index >= 15 is 0 Å². The predicted molar refractivity (Wildman–Crippen MR) is 88.8 cm³/mol. The van der Waals surface area contributed by atoms with Crippen molar-refractivity contribution in [3.63, 3.8) is 0 Å². The molecule has 0 atom stereocenters. The molecule has 2 aromatic rings. The van der Waals surface area contributed by atoms with Gasteiger partial charge in [-0.3, -0.25) is 9.59 Å². The minimum Gasteiger partial charge on any atom is -0.503 e. The Labute approximate surface area is 140 Å². The minimum absolute atomic E-state index is 0.0878. The van der Waals surface area contributed by atoms with Gasteiger partial charge in [0, 0.05) is 12.5 Å². The summed E-state index contributed by atoms with van der Waals surface area (Å²) >= 11 is 0. The quantitative estimate of drug-likeness (QED) is 0.858. The largest absolute Gasteiger partial charge is 0.503 e. The number of Topliss-reactive ketones (excluding diaryl/α,β-unsaturated/α-hetero) is 1. The van der Waals surface area contributed by atoms with Crippen molar-refractivity contribution in [2.24, 2.45) is 0 Å². The van der Waals surface area contributed by atoms with Gasteiger partial charge in [-0.1, -0.05) is 30.3 Å². The third-order valence-electron chi connectivity index (χ3n) is 4.08. The average molecular weight is 325 g/mol. The van der Waals surface area contributed by atoms with Crippen LogP contribution in [0.5, 0.6) is 0 Å². The van der Waals surface area contributed by atoms with Crippen LogP contribution in [0.25, 0.3) is 0 Å². The van der Waals surface area contributed by atoms with Crippen LogP contribution in [0.4, 0.5) is 0 Å². The zero-order valence-corrected chi connectivity index (χ0v) is 13.7. The Morgan fingerprint density at radius 2 is 1.92 bits per heavy atom. The third-order valence-corrected chi connectivity index (χ3v) is 4.08. The van der Waals surface area contributed by atoms with Crippen molar-refractivity contribution in [3.05, 3.63) is 70.9 Å².